The number of rotatable bonds is 7. The molecule has 4 aromatic rings. The number of benzene rings is 3. The highest BCUT2D eigenvalue weighted by atomic mass is 16.5. The van der Waals surface area contributed by atoms with Crippen LogP contribution in [0, 0.1) is 0 Å². The van der Waals surface area contributed by atoms with Gasteiger partial charge in [0.25, 0.3) is 5.56 Å². The summed E-state index contributed by atoms with van der Waals surface area (Å²) in [6, 6.07) is 24.0. The topological polar surface area (TPSA) is 81.4 Å². The number of carboxylic acid groups (broad SMARTS) is 1. The largest absolute Gasteiger partial charge is 0.493 e. The van der Waals surface area contributed by atoms with Gasteiger partial charge < -0.3 is 9.84 Å². The molecule has 0 bridgehead atoms. The van der Waals surface area contributed by atoms with Crippen LogP contribution in [0.1, 0.15) is 17.8 Å². The summed E-state index contributed by atoms with van der Waals surface area (Å²) in [6.07, 6.45) is 3.63. The molecule has 0 amide bonds. The predicted molar refractivity (Wildman–Crippen MR) is 120 cm³/mol. The lowest BCUT2D eigenvalue weighted by Gasteiger charge is -2.11. The molecular weight excluding hydrogens is 392 g/mol. The van der Waals surface area contributed by atoms with Gasteiger partial charge in [0.05, 0.1) is 29.6 Å². The first-order valence-corrected chi connectivity index (χ1v) is 9.82. The summed E-state index contributed by atoms with van der Waals surface area (Å²) in [5.41, 5.74) is 2.15. The molecule has 6 heteroatoms. The van der Waals surface area contributed by atoms with E-state index in [-0.39, 0.29) is 18.6 Å². The number of hydrogen-bond donors (Lipinski definition) is 1. The fourth-order valence-electron chi connectivity index (χ4n) is 3.19. The SMILES string of the molecule is O=C(O)CCOc1ccc(/C=C/c2nc3ccccc3c(=O)n2-c2ccccc2)cc1. The number of nitrogens with zero attached hydrogens (tertiary/aromatic N) is 2. The van der Waals surface area contributed by atoms with E-state index in [0.717, 1.165) is 11.3 Å². The van der Waals surface area contributed by atoms with Gasteiger partial charge in [0, 0.05) is 0 Å². The van der Waals surface area contributed by atoms with Gasteiger partial charge in [-0.15, -0.1) is 0 Å². The summed E-state index contributed by atoms with van der Waals surface area (Å²) in [7, 11) is 0. The molecule has 4 rings (SSSR count). The summed E-state index contributed by atoms with van der Waals surface area (Å²) in [5, 5.41) is 9.25. The number of carbonyl (C=O) groups is 1. The predicted octanol–water partition coefficient (Wildman–Crippen LogP) is 4.41. The molecular formula is C25H20N2O4. The number of para-hydroxylation sites is 2. The Kier molecular flexibility index (Phi) is 5.89. The Hall–Kier alpha value is -4.19. The molecule has 0 unspecified atom stereocenters. The zero-order valence-corrected chi connectivity index (χ0v) is 16.6. The lowest BCUT2D eigenvalue weighted by Crippen LogP contribution is -2.22. The maximum absolute atomic E-state index is 13.2. The Morgan fingerprint density at radius 1 is 0.935 bits per heavy atom. The Morgan fingerprint density at radius 2 is 1.65 bits per heavy atom. The molecule has 0 aliphatic carbocycles. The summed E-state index contributed by atoms with van der Waals surface area (Å²) in [6.45, 7) is 0.120. The summed E-state index contributed by atoms with van der Waals surface area (Å²) in [5.74, 6) is 0.229. The molecule has 0 atom stereocenters. The van der Waals surface area contributed by atoms with Crippen molar-refractivity contribution in [2.24, 2.45) is 0 Å². The van der Waals surface area contributed by atoms with Gasteiger partial charge in [-0.25, -0.2) is 4.98 Å². The van der Waals surface area contributed by atoms with Gasteiger partial charge in [-0.05, 0) is 48.0 Å². The second kappa shape index (κ2) is 9.09. The molecule has 0 radical (unpaired) electrons. The second-order valence-electron chi connectivity index (χ2n) is 6.86. The van der Waals surface area contributed by atoms with Gasteiger partial charge in [-0.1, -0.05) is 48.5 Å². The highest BCUT2D eigenvalue weighted by molar-refractivity contribution is 5.80. The van der Waals surface area contributed by atoms with Crippen molar-refractivity contribution in [3.05, 3.63) is 101 Å². The molecule has 0 aliphatic heterocycles. The molecule has 1 N–H and O–H groups in total. The molecule has 154 valence electrons. The van der Waals surface area contributed by atoms with Crippen LogP contribution >= 0.6 is 0 Å². The lowest BCUT2D eigenvalue weighted by atomic mass is 10.2. The smallest absolute Gasteiger partial charge is 0.306 e. The van der Waals surface area contributed by atoms with Gasteiger partial charge in [-0.3, -0.25) is 14.2 Å². The minimum absolute atomic E-state index is 0.0493. The van der Waals surface area contributed by atoms with Crippen molar-refractivity contribution >= 4 is 29.0 Å². The molecule has 0 aliphatic rings. The van der Waals surface area contributed by atoms with E-state index in [1.54, 1.807) is 28.8 Å². The van der Waals surface area contributed by atoms with E-state index in [0.29, 0.717) is 22.5 Å². The van der Waals surface area contributed by atoms with Crippen LogP contribution in [0.5, 0.6) is 5.75 Å². The van der Waals surface area contributed by atoms with Crippen molar-refractivity contribution < 1.29 is 14.6 Å². The molecule has 3 aromatic carbocycles. The molecule has 1 heterocycles. The normalized spacial score (nSPS) is 11.1. The zero-order chi connectivity index (χ0) is 21.6. The second-order valence-corrected chi connectivity index (χ2v) is 6.86. The van der Waals surface area contributed by atoms with E-state index in [2.05, 4.69) is 0 Å². The average molecular weight is 412 g/mol. The standard InChI is InChI=1S/C25H20N2O4/c28-24(29)16-17-31-20-13-10-18(11-14-20)12-15-23-26-22-9-5-4-8-21(22)25(30)27(23)19-6-2-1-3-7-19/h1-15H,16-17H2,(H,28,29)/b15-12+. The summed E-state index contributed by atoms with van der Waals surface area (Å²) in [4.78, 5) is 28.5. The van der Waals surface area contributed by atoms with Crippen molar-refractivity contribution in [1.82, 2.24) is 9.55 Å². The van der Waals surface area contributed by atoms with E-state index in [1.807, 2.05) is 66.7 Å². The Bertz CT molecular complexity index is 1290. The number of fused-ring (bicyclic) bond motifs is 1. The van der Waals surface area contributed by atoms with E-state index < -0.39 is 5.97 Å². The third-order valence-corrected chi connectivity index (χ3v) is 4.71. The first-order valence-electron chi connectivity index (χ1n) is 9.82. The molecule has 1 aromatic heterocycles. The van der Waals surface area contributed by atoms with Crippen molar-refractivity contribution in [2.45, 2.75) is 6.42 Å². The highest BCUT2D eigenvalue weighted by Crippen LogP contribution is 2.17. The molecule has 0 saturated carbocycles. The first kappa shape index (κ1) is 20.1. The fourth-order valence-corrected chi connectivity index (χ4v) is 3.19. The maximum atomic E-state index is 13.2. The summed E-state index contributed by atoms with van der Waals surface area (Å²) < 4.78 is 7.01. The first-order chi connectivity index (χ1) is 15.1. The van der Waals surface area contributed by atoms with Gasteiger partial charge in [0.15, 0.2) is 0 Å². The van der Waals surface area contributed by atoms with Gasteiger partial charge in [0.2, 0.25) is 0 Å². The van der Waals surface area contributed by atoms with Crippen LogP contribution in [0.2, 0.25) is 0 Å². The van der Waals surface area contributed by atoms with Gasteiger partial charge in [0.1, 0.15) is 11.6 Å². The van der Waals surface area contributed by atoms with Crippen LogP contribution in [0.15, 0.2) is 83.7 Å². The van der Waals surface area contributed by atoms with Gasteiger partial charge in [-0.2, -0.15) is 0 Å². The van der Waals surface area contributed by atoms with Gasteiger partial charge >= 0.3 is 5.97 Å². The van der Waals surface area contributed by atoms with E-state index in [4.69, 9.17) is 14.8 Å². The number of ether oxygens (including phenoxy) is 1. The quantitative estimate of drug-likeness (QED) is 0.486. The van der Waals surface area contributed by atoms with E-state index >= 15 is 0 Å². The monoisotopic (exact) mass is 412 g/mol. The van der Waals surface area contributed by atoms with Crippen LogP contribution in [0.4, 0.5) is 0 Å². The van der Waals surface area contributed by atoms with Crippen molar-refractivity contribution in [3.8, 4) is 11.4 Å². The van der Waals surface area contributed by atoms with E-state index in [1.165, 1.54) is 0 Å². The highest BCUT2D eigenvalue weighted by Gasteiger charge is 2.10. The van der Waals surface area contributed by atoms with Crippen LogP contribution in [-0.4, -0.2) is 27.2 Å². The number of hydrogen-bond acceptors (Lipinski definition) is 4. The third-order valence-electron chi connectivity index (χ3n) is 4.71. The number of carboxylic acids is 1. The number of aromatic nitrogens is 2. The zero-order valence-electron chi connectivity index (χ0n) is 16.6. The molecule has 31 heavy (non-hydrogen) atoms. The summed E-state index contributed by atoms with van der Waals surface area (Å²) >= 11 is 0. The van der Waals surface area contributed by atoms with Crippen LogP contribution in [0.3, 0.4) is 0 Å². The Labute approximate surface area is 178 Å². The Morgan fingerprint density at radius 3 is 2.39 bits per heavy atom. The van der Waals surface area contributed by atoms with Crippen LogP contribution < -0.4 is 10.3 Å². The minimum atomic E-state index is -0.896. The molecule has 0 fully saturated rings. The lowest BCUT2D eigenvalue weighted by molar-refractivity contribution is -0.137. The minimum Gasteiger partial charge on any atom is -0.493 e. The van der Waals surface area contributed by atoms with E-state index in [9.17, 15) is 9.59 Å². The fraction of sp³-hybridized carbons (Fsp3) is 0.0800. The van der Waals surface area contributed by atoms with Crippen molar-refractivity contribution in [2.75, 3.05) is 6.61 Å². The van der Waals surface area contributed by atoms with Crippen molar-refractivity contribution in [1.29, 1.82) is 0 Å². The van der Waals surface area contributed by atoms with Crippen LogP contribution in [-0.2, 0) is 4.79 Å². The molecule has 0 saturated heterocycles. The molecule has 0 spiro atoms. The van der Waals surface area contributed by atoms with Crippen LogP contribution in [0.25, 0.3) is 28.7 Å². The molecule has 6 nitrogen and oxygen atoms in total. The third kappa shape index (κ3) is 4.70. The van der Waals surface area contributed by atoms with Crippen molar-refractivity contribution in [3.63, 3.8) is 0 Å². The average Bonchev–Trinajstić information content (AvgIpc) is 2.79. The Balaban J connectivity index is 1.67. The number of aliphatic carboxylic acids is 1. The maximum Gasteiger partial charge on any atom is 0.306 e.